The summed E-state index contributed by atoms with van der Waals surface area (Å²) in [6.07, 6.45) is 8.82. The Bertz CT molecular complexity index is 704. The molecule has 3 nitrogen and oxygen atoms in total. The summed E-state index contributed by atoms with van der Waals surface area (Å²) < 4.78 is 12.3. The lowest BCUT2D eigenvalue weighted by Gasteiger charge is -2.38. The molecule has 2 fully saturated rings. The van der Waals surface area contributed by atoms with E-state index in [1.54, 1.807) is 0 Å². The standard InChI is InChI=1S/C24H38O3Si/c1-17-15-20(12-14-22(17)27-28(5,6)24(2,3)4)23(25)26-21-13-11-18-9-7-8-10-19(18)16-21/h12,14-15,18-19,21H,7-11,13,16H2,1-6H3. The second-order valence-corrected chi connectivity index (χ2v) is 15.2. The molecule has 0 amide bonds. The van der Waals surface area contributed by atoms with Crippen molar-refractivity contribution in [1.82, 2.24) is 0 Å². The minimum atomic E-state index is -1.89. The number of esters is 1. The zero-order valence-corrected chi connectivity index (χ0v) is 19.6. The molecule has 2 aliphatic carbocycles. The van der Waals surface area contributed by atoms with Gasteiger partial charge in [0.05, 0.1) is 5.56 Å². The van der Waals surface area contributed by atoms with Crippen molar-refractivity contribution in [3.63, 3.8) is 0 Å². The molecule has 156 valence electrons. The Morgan fingerprint density at radius 3 is 2.36 bits per heavy atom. The van der Waals surface area contributed by atoms with Gasteiger partial charge in [0.1, 0.15) is 11.9 Å². The topological polar surface area (TPSA) is 35.5 Å². The maximum Gasteiger partial charge on any atom is 0.338 e. The summed E-state index contributed by atoms with van der Waals surface area (Å²) in [5.74, 6) is 2.35. The lowest BCUT2D eigenvalue weighted by molar-refractivity contribution is -0.000933. The normalized spacial score (nSPS) is 25.7. The minimum Gasteiger partial charge on any atom is -0.543 e. The smallest absolute Gasteiger partial charge is 0.338 e. The van der Waals surface area contributed by atoms with Crippen molar-refractivity contribution in [3.05, 3.63) is 29.3 Å². The third-order valence-electron chi connectivity index (χ3n) is 7.35. The van der Waals surface area contributed by atoms with Crippen molar-refractivity contribution in [2.45, 2.75) is 96.9 Å². The first-order chi connectivity index (χ1) is 13.1. The van der Waals surface area contributed by atoms with Gasteiger partial charge in [-0.05, 0) is 79.9 Å². The van der Waals surface area contributed by atoms with Gasteiger partial charge in [0.25, 0.3) is 0 Å². The van der Waals surface area contributed by atoms with Crippen LogP contribution in [0.1, 0.15) is 81.6 Å². The van der Waals surface area contributed by atoms with E-state index in [2.05, 4.69) is 33.9 Å². The Balaban J connectivity index is 1.62. The number of hydrogen-bond donors (Lipinski definition) is 0. The maximum absolute atomic E-state index is 12.7. The van der Waals surface area contributed by atoms with Crippen LogP contribution in [-0.4, -0.2) is 20.4 Å². The molecule has 3 unspecified atom stereocenters. The van der Waals surface area contributed by atoms with Crippen LogP contribution in [0.4, 0.5) is 0 Å². The van der Waals surface area contributed by atoms with E-state index in [0.29, 0.717) is 5.56 Å². The second-order valence-electron chi connectivity index (χ2n) is 10.5. The molecule has 0 aromatic heterocycles. The first kappa shape index (κ1) is 21.4. The van der Waals surface area contributed by atoms with Crippen molar-refractivity contribution in [2.75, 3.05) is 0 Å². The molecule has 2 aliphatic rings. The van der Waals surface area contributed by atoms with Gasteiger partial charge in [0, 0.05) is 0 Å². The fraction of sp³-hybridized carbons (Fsp3) is 0.708. The van der Waals surface area contributed by atoms with Crippen molar-refractivity contribution in [1.29, 1.82) is 0 Å². The highest BCUT2D eigenvalue weighted by Gasteiger charge is 2.39. The van der Waals surface area contributed by atoms with Crippen LogP contribution in [0.5, 0.6) is 5.75 Å². The SMILES string of the molecule is Cc1cc(C(=O)OC2CCC3CCCCC3C2)ccc1O[Si](C)(C)C(C)(C)C. The third kappa shape index (κ3) is 4.81. The Hall–Kier alpha value is -1.29. The van der Waals surface area contributed by atoms with E-state index >= 15 is 0 Å². The molecule has 2 saturated carbocycles. The molecule has 4 heteroatoms. The highest BCUT2D eigenvalue weighted by atomic mass is 28.4. The van der Waals surface area contributed by atoms with Gasteiger partial charge in [0.2, 0.25) is 8.32 Å². The predicted molar refractivity (Wildman–Crippen MR) is 118 cm³/mol. The lowest BCUT2D eigenvalue weighted by Crippen LogP contribution is -2.44. The van der Waals surface area contributed by atoms with E-state index in [1.165, 1.54) is 32.1 Å². The molecule has 1 aromatic carbocycles. The minimum absolute atomic E-state index is 0.0929. The molecule has 0 bridgehead atoms. The van der Waals surface area contributed by atoms with Crippen LogP contribution in [0, 0.1) is 18.8 Å². The summed E-state index contributed by atoms with van der Waals surface area (Å²) >= 11 is 0. The molecule has 0 saturated heterocycles. The summed E-state index contributed by atoms with van der Waals surface area (Å²) in [4.78, 5) is 12.7. The maximum atomic E-state index is 12.7. The van der Waals surface area contributed by atoms with E-state index < -0.39 is 8.32 Å². The zero-order valence-electron chi connectivity index (χ0n) is 18.6. The van der Waals surface area contributed by atoms with E-state index in [-0.39, 0.29) is 17.1 Å². The summed E-state index contributed by atoms with van der Waals surface area (Å²) in [5.41, 5.74) is 1.65. The average molecular weight is 403 g/mol. The van der Waals surface area contributed by atoms with Crippen LogP contribution in [0.2, 0.25) is 18.1 Å². The Kier molecular flexibility index (Phi) is 6.28. The molecule has 28 heavy (non-hydrogen) atoms. The predicted octanol–water partition coefficient (Wildman–Crippen LogP) is 6.89. The number of benzene rings is 1. The average Bonchev–Trinajstić information content (AvgIpc) is 2.62. The molecular formula is C24H38O3Si. The highest BCUT2D eigenvalue weighted by Crippen LogP contribution is 2.41. The van der Waals surface area contributed by atoms with Crippen LogP contribution in [-0.2, 0) is 4.74 Å². The molecule has 1 aromatic rings. The van der Waals surface area contributed by atoms with Gasteiger partial charge in [-0.1, -0.05) is 46.5 Å². The van der Waals surface area contributed by atoms with Crippen LogP contribution < -0.4 is 4.43 Å². The quantitative estimate of drug-likeness (QED) is 0.406. The number of carbonyl (C=O) groups is 1. The van der Waals surface area contributed by atoms with Gasteiger partial charge in [0.15, 0.2) is 0 Å². The zero-order chi connectivity index (χ0) is 20.5. The van der Waals surface area contributed by atoms with Gasteiger partial charge in [-0.3, -0.25) is 0 Å². The Labute approximate surface area is 172 Å². The third-order valence-corrected chi connectivity index (χ3v) is 11.7. The van der Waals surface area contributed by atoms with Crippen LogP contribution in [0.25, 0.3) is 0 Å². The first-order valence-corrected chi connectivity index (χ1v) is 14.0. The summed E-state index contributed by atoms with van der Waals surface area (Å²) in [7, 11) is -1.89. The van der Waals surface area contributed by atoms with Gasteiger partial charge in [-0.15, -0.1) is 0 Å². The van der Waals surface area contributed by atoms with E-state index in [4.69, 9.17) is 9.16 Å². The largest absolute Gasteiger partial charge is 0.543 e. The molecule has 0 radical (unpaired) electrons. The van der Waals surface area contributed by atoms with E-state index in [0.717, 1.165) is 36.0 Å². The monoisotopic (exact) mass is 402 g/mol. The molecular weight excluding hydrogens is 364 g/mol. The summed E-state index contributed by atoms with van der Waals surface area (Å²) in [5, 5.41) is 0.148. The fourth-order valence-corrected chi connectivity index (χ4v) is 5.56. The number of ether oxygens (including phenoxy) is 1. The summed E-state index contributed by atoms with van der Waals surface area (Å²) in [6.45, 7) is 13.2. The molecule has 3 atom stereocenters. The fourth-order valence-electron chi connectivity index (χ4n) is 4.48. The van der Waals surface area contributed by atoms with Gasteiger partial charge >= 0.3 is 5.97 Å². The number of carbonyl (C=O) groups excluding carboxylic acids is 1. The molecule has 3 rings (SSSR count). The molecule has 0 spiro atoms. The first-order valence-electron chi connectivity index (χ1n) is 11.1. The second kappa shape index (κ2) is 8.21. The van der Waals surface area contributed by atoms with Crippen molar-refractivity contribution < 1.29 is 14.0 Å². The van der Waals surface area contributed by atoms with E-state index in [1.807, 2.05) is 25.1 Å². The van der Waals surface area contributed by atoms with Crippen LogP contribution in [0.3, 0.4) is 0 Å². The van der Waals surface area contributed by atoms with Crippen molar-refractivity contribution in [2.24, 2.45) is 11.8 Å². The van der Waals surface area contributed by atoms with Crippen LogP contribution >= 0.6 is 0 Å². The number of hydrogen-bond acceptors (Lipinski definition) is 3. The number of aryl methyl sites for hydroxylation is 1. The lowest BCUT2D eigenvalue weighted by atomic mass is 9.70. The van der Waals surface area contributed by atoms with E-state index in [9.17, 15) is 4.79 Å². The van der Waals surface area contributed by atoms with Gasteiger partial charge < -0.3 is 9.16 Å². The van der Waals surface area contributed by atoms with Crippen molar-refractivity contribution >= 4 is 14.3 Å². The Morgan fingerprint density at radius 2 is 1.71 bits per heavy atom. The van der Waals surface area contributed by atoms with Gasteiger partial charge in [-0.25, -0.2) is 4.79 Å². The molecule has 0 heterocycles. The van der Waals surface area contributed by atoms with Crippen molar-refractivity contribution in [3.8, 4) is 5.75 Å². The number of fused-ring (bicyclic) bond motifs is 1. The highest BCUT2D eigenvalue weighted by molar-refractivity contribution is 6.74. The summed E-state index contributed by atoms with van der Waals surface area (Å²) in [6, 6.07) is 5.74. The molecule has 0 aliphatic heterocycles. The molecule has 0 N–H and O–H groups in total. The number of rotatable bonds is 4. The van der Waals surface area contributed by atoms with Crippen LogP contribution in [0.15, 0.2) is 18.2 Å². The van der Waals surface area contributed by atoms with Gasteiger partial charge in [-0.2, -0.15) is 0 Å². The Morgan fingerprint density at radius 1 is 1.04 bits per heavy atom.